The van der Waals surface area contributed by atoms with Gasteiger partial charge in [0.15, 0.2) is 0 Å². The second-order valence-corrected chi connectivity index (χ2v) is 5.28. The van der Waals surface area contributed by atoms with E-state index in [0.29, 0.717) is 28.5 Å². The zero-order valence-corrected chi connectivity index (χ0v) is 11.6. The van der Waals surface area contributed by atoms with Gasteiger partial charge in [0.25, 0.3) is 0 Å². The lowest BCUT2D eigenvalue weighted by Gasteiger charge is -2.10. The van der Waals surface area contributed by atoms with Crippen LogP contribution in [0, 0.1) is 5.82 Å². The molecule has 7 heteroatoms. The molecule has 21 heavy (non-hydrogen) atoms. The Morgan fingerprint density at radius 3 is 2.48 bits per heavy atom. The van der Waals surface area contributed by atoms with Crippen molar-refractivity contribution in [1.82, 2.24) is 4.98 Å². The number of hydrogen-bond acceptors (Lipinski definition) is 3. The monoisotopic (exact) mass is 316 g/mol. The molecule has 2 nitrogen and oxygen atoms in total. The van der Waals surface area contributed by atoms with Crippen molar-refractivity contribution in [1.29, 1.82) is 0 Å². The molecule has 0 aliphatic heterocycles. The zero-order valence-electron chi connectivity index (χ0n) is 10.8. The molecule has 0 bridgehead atoms. The van der Waals surface area contributed by atoms with Crippen LogP contribution in [0.1, 0.15) is 11.1 Å². The molecule has 0 unspecified atom stereocenters. The maximum Gasteiger partial charge on any atom is 0.417 e. The standard InChI is InChI=1S/C14H12F4N2S/c15-11-3-1-2-9(6-7-19)13(11)21-12-5-4-10(8-20-12)14(16,17)18/h1-5,8H,6-7,19H2. The molecule has 0 atom stereocenters. The van der Waals surface area contributed by atoms with E-state index in [1.807, 2.05) is 0 Å². The molecule has 1 aromatic heterocycles. The van der Waals surface area contributed by atoms with E-state index in [-0.39, 0.29) is 0 Å². The van der Waals surface area contributed by atoms with Gasteiger partial charge in [-0.25, -0.2) is 9.37 Å². The van der Waals surface area contributed by atoms with Crippen molar-refractivity contribution in [2.24, 2.45) is 5.73 Å². The fourth-order valence-corrected chi connectivity index (χ4v) is 2.65. The highest BCUT2D eigenvalue weighted by Gasteiger charge is 2.30. The maximum absolute atomic E-state index is 13.9. The Balaban J connectivity index is 2.26. The summed E-state index contributed by atoms with van der Waals surface area (Å²) in [6.45, 7) is 0.359. The SMILES string of the molecule is NCCc1cccc(F)c1Sc1ccc(C(F)(F)F)cn1. The summed E-state index contributed by atoms with van der Waals surface area (Å²) in [6.07, 6.45) is -3.20. The van der Waals surface area contributed by atoms with E-state index < -0.39 is 17.6 Å². The lowest BCUT2D eigenvalue weighted by atomic mass is 10.1. The van der Waals surface area contributed by atoms with Gasteiger partial charge in [-0.15, -0.1) is 0 Å². The fourth-order valence-electron chi connectivity index (χ4n) is 1.73. The van der Waals surface area contributed by atoms with Crippen molar-refractivity contribution >= 4 is 11.8 Å². The maximum atomic E-state index is 13.9. The van der Waals surface area contributed by atoms with Crippen LogP contribution in [0.25, 0.3) is 0 Å². The van der Waals surface area contributed by atoms with Crippen molar-refractivity contribution < 1.29 is 17.6 Å². The van der Waals surface area contributed by atoms with Gasteiger partial charge < -0.3 is 5.73 Å². The molecule has 0 fully saturated rings. The molecule has 112 valence electrons. The van der Waals surface area contributed by atoms with Crippen LogP contribution < -0.4 is 5.73 Å². The molecule has 1 heterocycles. The quantitative estimate of drug-likeness (QED) is 0.870. The third-order valence-electron chi connectivity index (χ3n) is 2.73. The van der Waals surface area contributed by atoms with E-state index in [9.17, 15) is 17.6 Å². The minimum Gasteiger partial charge on any atom is -0.330 e. The number of hydrogen-bond donors (Lipinski definition) is 1. The Bertz CT molecular complexity index is 611. The minimum absolute atomic E-state index is 0.298. The summed E-state index contributed by atoms with van der Waals surface area (Å²) >= 11 is 0.991. The highest BCUT2D eigenvalue weighted by atomic mass is 32.2. The van der Waals surface area contributed by atoms with Gasteiger partial charge in [-0.05, 0) is 36.7 Å². The summed E-state index contributed by atoms with van der Waals surface area (Å²) in [5.41, 5.74) is 5.35. The second-order valence-electron chi connectivity index (χ2n) is 4.25. The molecule has 0 saturated heterocycles. The normalized spacial score (nSPS) is 11.7. The average molecular weight is 316 g/mol. The number of nitrogens with two attached hydrogens (primary N) is 1. The van der Waals surface area contributed by atoms with Crippen LogP contribution >= 0.6 is 11.8 Å². The first-order chi connectivity index (χ1) is 9.91. The summed E-state index contributed by atoms with van der Waals surface area (Å²) in [7, 11) is 0. The van der Waals surface area contributed by atoms with Crippen molar-refractivity contribution in [2.45, 2.75) is 22.5 Å². The molecule has 1 aromatic carbocycles. The molecular formula is C14H12F4N2S. The highest BCUT2D eigenvalue weighted by Crippen LogP contribution is 2.34. The fraction of sp³-hybridized carbons (Fsp3) is 0.214. The third-order valence-corrected chi connectivity index (χ3v) is 3.84. The lowest BCUT2D eigenvalue weighted by Crippen LogP contribution is -2.06. The van der Waals surface area contributed by atoms with Crippen LogP contribution in [-0.2, 0) is 12.6 Å². The van der Waals surface area contributed by atoms with Crippen LogP contribution in [0.3, 0.4) is 0 Å². The molecule has 0 aliphatic carbocycles. The molecule has 2 aromatic rings. The number of pyridine rings is 1. The topological polar surface area (TPSA) is 38.9 Å². The number of nitrogens with zero attached hydrogens (tertiary/aromatic N) is 1. The van der Waals surface area contributed by atoms with E-state index in [0.717, 1.165) is 24.0 Å². The van der Waals surface area contributed by atoms with Crippen LogP contribution in [0.2, 0.25) is 0 Å². The predicted octanol–water partition coefficient (Wildman–Crippen LogP) is 3.89. The van der Waals surface area contributed by atoms with Crippen molar-refractivity contribution in [2.75, 3.05) is 6.54 Å². The second kappa shape index (κ2) is 6.44. The first-order valence-corrected chi connectivity index (χ1v) is 6.92. The van der Waals surface area contributed by atoms with Crippen molar-refractivity contribution in [3.8, 4) is 0 Å². The van der Waals surface area contributed by atoms with E-state index >= 15 is 0 Å². The van der Waals surface area contributed by atoms with Crippen LogP contribution in [0.4, 0.5) is 17.6 Å². The molecule has 0 radical (unpaired) electrons. The van der Waals surface area contributed by atoms with Crippen molar-refractivity contribution in [3.63, 3.8) is 0 Å². The first-order valence-electron chi connectivity index (χ1n) is 6.10. The summed E-state index contributed by atoms with van der Waals surface area (Å²) in [5, 5.41) is 0.298. The summed E-state index contributed by atoms with van der Waals surface area (Å²) in [6, 6.07) is 6.77. The van der Waals surface area contributed by atoms with Crippen molar-refractivity contribution in [3.05, 3.63) is 53.5 Å². The number of rotatable bonds is 4. The summed E-state index contributed by atoms with van der Waals surface area (Å²) < 4.78 is 51.2. The van der Waals surface area contributed by atoms with E-state index in [4.69, 9.17) is 5.73 Å². The molecule has 2 rings (SSSR count). The molecule has 0 spiro atoms. The van der Waals surface area contributed by atoms with Gasteiger partial charge in [-0.3, -0.25) is 0 Å². The molecule has 0 amide bonds. The number of benzene rings is 1. The van der Waals surface area contributed by atoms with E-state index in [2.05, 4.69) is 4.98 Å². The summed E-state index contributed by atoms with van der Waals surface area (Å²) in [4.78, 5) is 4.07. The van der Waals surface area contributed by atoms with Gasteiger partial charge in [0, 0.05) is 6.20 Å². The van der Waals surface area contributed by atoms with Gasteiger partial charge >= 0.3 is 6.18 Å². The largest absolute Gasteiger partial charge is 0.417 e. The number of aromatic nitrogens is 1. The predicted molar refractivity (Wildman–Crippen MR) is 72.5 cm³/mol. The molecular weight excluding hydrogens is 304 g/mol. The summed E-state index contributed by atoms with van der Waals surface area (Å²) in [5.74, 6) is -0.437. The zero-order chi connectivity index (χ0) is 15.5. The Hall–Kier alpha value is -1.60. The Morgan fingerprint density at radius 2 is 1.90 bits per heavy atom. The van der Waals surface area contributed by atoms with Gasteiger partial charge in [-0.1, -0.05) is 23.9 Å². The average Bonchev–Trinajstić information content (AvgIpc) is 2.42. The molecule has 0 aliphatic rings. The Kier molecular flexibility index (Phi) is 4.84. The highest BCUT2D eigenvalue weighted by molar-refractivity contribution is 7.99. The lowest BCUT2D eigenvalue weighted by molar-refractivity contribution is -0.137. The third kappa shape index (κ3) is 3.95. The van der Waals surface area contributed by atoms with Crippen LogP contribution in [-0.4, -0.2) is 11.5 Å². The number of halogens is 4. The number of alkyl halides is 3. The van der Waals surface area contributed by atoms with Gasteiger partial charge in [-0.2, -0.15) is 13.2 Å². The molecule has 2 N–H and O–H groups in total. The van der Waals surface area contributed by atoms with Gasteiger partial charge in [0.1, 0.15) is 10.8 Å². The molecule has 0 saturated carbocycles. The van der Waals surface area contributed by atoms with Gasteiger partial charge in [0.05, 0.1) is 10.5 Å². The van der Waals surface area contributed by atoms with Crippen LogP contribution in [0.15, 0.2) is 46.5 Å². The Morgan fingerprint density at radius 1 is 1.14 bits per heavy atom. The van der Waals surface area contributed by atoms with E-state index in [1.165, 1.54) is 12.1 Å². The smallest absolute Gasteiger partial charge is 0.330 e. The van der Waals surface area contributed by atoms with Gasteiger partial charge in [0.2, 0.25) is 0 Å². The minimum atomic E-state index is -4.43. The van der Waals surface area contributed by atoms with Crippen LogP contribution in [0.5, 0.6) is 0 Å². The van der Waals surface area contributed by atoms with E-state index in [1.54, 1.807) is 12.1 Å². The first kappa shape index (κ1) is 15.8. The Labute approximate surface area is 123 Å².